The zero-order valence-electron chi connectivity index (χ0n) is 6.83. The zero-order chi connectivity index (χ0) is 7.90. The van der Waals surface area contributed by atoms with Crippen LogP contribution >= 0.6 is 0 Å². The molecule has 11 heavy (non-hydrogen) atoms. The van der Waals surface area contributed by atoms with E-state index in [1.165, 1.54) is 12.8 Å². The molecule has 1 heterocycles. The largest absolute Gasteiger partial charge is 0.364 e. The van der Waals surface area contributed by atoms with Gasteiger partial charge < -0.3 is 5.32 Å². The molecule has 60 valence electrons. The number of nitrogens with zero attached hydrogens (tertiary/aromatic N) is 3. The summed E-state index contributed by atoms with van der Waals surface area (Å²) in [6, 6.07) is 0. The van der Waals surface area contributed by atoms with Gasteiger partial charge in [-0.15, -0.1) is 5.10 Å². The first kappa shape index (κ1) is 6.64. The molecule has 1 N–H and O–H groups in total. The number of aryl methyl sites for hydroxylation is 1. The molecule has 0 aromatic carbocycles. The number of nitrogens with one attached hydrogen (secondary N) is 1. The topological polar surface area (TPSA) is 42.7 Å². The fraction of sp³-hybridized carbons (Fsp3) is 0.714. The van der Waals surface area contributed by atoms with E-state index >= 15 is 0 Å². The van der Waals surface area contributed by atoms with Gasteiger partial charge in [-0.2, -0.15) is 0 Å². The molecule has 4 nitrogen and oxygen atoms in total. The minimum absolute atomic E-state index is 0.315. The van der Waals surface area contributed by atoms with Gasteiger partial charge in [-0.1, -0.05) is 5.21 Å². The van der Waals surface area contributed by atoms with E-state index in [4.69, 9.17) is 0 Å². The van der Waals surface area contributed by atoms with E-state index in [0.717, 1.165) is 5.82 Å². The molecule has 1 aliphatic rings. The van der Waals surface area contributed by atoms with Gasteiger partial charge in [0.05, 0.1) is 6.20 Å². The highest BCUT2D eigenvalue weighted by Crippen LogP contribution is 2.37. The lowest BCUT2D eigenvalue weighted by atomic mass is 10.3. The molecule has 1 aromatic rings. The molecule has 0 spiro atoms. The standard InChI is InChI=1S/C7H12N4/c1-7(3-4-7)9-6-5-8-10-11(6)2/h5,9H,3-4H2,1-2H3. The van der Waals surface area contributed by atoms with Crippen LogP contribution in [-0.2, 0) is 7.05 Å². The monoisotopic (exact) mass is 152 g/mol. The first-order valence-corrected chi connectivity index (χ1v) is 3.82. The van der Waals surface area contributed by atoms with Crippen LogP contribution in [0.25, 0.3) is 0 Å². The van der Waals surface area contributed by atoms with Crippen LogP contribution in [0, 0.1) is 0 Å². The van der Waals surface area contributed by atoms with Gasteiger partial charge >= 0.3 is 0 Å². The molecule has 0 radical (unpaired) electrons. The quantitative estimate of drug-likeness (QED) is 0.681. The number of aromatic nitrogens is 3. The van der Waals surface area contributed by atoms with Gasteiger partial charge in [-0.25, -0.2) is 4.68 Å². The van der Waals surface area contributed by atoms with Crippen LogP contribution in [0.3, 0.4) is 0 Å². The molecule has 1 fully saturated rings. The van der Waals surface area contributed by atoms with E-state index in [2.05, 4.69) is 22.6 Å². The third kappa shape index (κ3) is 1.20. The van der Waals surface area contributed by atoms with Crippen LogP contribution in [0.2, 0.25) is 0 Å². The lowest BCUT2D eigenvalue weighted by Gasteiger charge is -2.11. The van der Waals surface area contributed by atoms with E-state index in [9.17, 15) is 0 Å². The third-order valence-electron chi connectivity index (χ3n) is 2.14. The molecule has 0 unspecified atom stereocenters. The summed E-state index contributed by atoms with van der Waals surface area (Å²) >= 11 is 0. The van der Waals surface area contributed by atoms with Gasteiger partial charge in [0.25, 0.3) is 0 Å². The summed E-state index contributed by atoms with van der Waals surface area (Å²) in [5, 5.41) is 11.0. The average Bonchev–Trinajstić information content (AvgIpc) is 2.54. The molecule has 0 amide bonds. The third-order valence-corrected chi connectivity index (χ3v) is 2.14. The fourth-order valence-corrected chi connectivity index (χ4v) is 1.02. The predicted molar refractivity (Wildman–Crippen MR) is 42.3 cm³/mol. The van der Waals surface area contributed by atoms with Gasteiger partial charge in [0.1, 0.15) is 5.82 Å². The second-order valence-corrected chi connectivity index (χ2v) is 3.43. The molecule has 0 bridgehead atoms. The van der Waals surface area contributed by atoms with Crippen LogP contribution in [0.15, 0.2) is 6.20 Å². The minimum Gasteiger partial charge on any atom is -0.364 e. The normalized spacial score (nSPS) is 19.8. The number of hydrogen-bond donors (Lipinski definition) is 1. The van der Waals surface area contributed by atoms with Gasteiger partial charge in [-0.05, 0) is 19.8 Å². The highest BCUT2D eigenvalue weighted by molar-refractivity contribution is 5.37. The van der Waals surface area contributed by atoms with Crippen molar-refractivity contribution >= 4 is 5.82 Å². The summed E-state index contributed by atoms with van der Waals surface area (Å²) in [4.78, 5) is 0. The maximum absolute atomic E-state index is 3.83. The minimum atomic E-state index is 0.315. The van der Waals surface area contributed by atoms with Gasteiger partial charge in [0.2, 0.25) is 0 Å². The van der Waals surface area contributed by atoms with Crippen molar-refractivity contribution < 1.29 is 0 Å². The molecular formula is C7H12N4. The van der Waals surface area contributed by atoms with Gasteiger partial charge in [0, 0.05) is 12.6 Å². The Kier molecular flexibility index (Phi) is 1.19. The molecule has 1 aromatic heterocycles. The van der Waals surface area contributed by atoms with Gasteiger partial charge in [-0.3, -0.25) is 0 Å². The number of rotatable bonds is 2. The Morgan fingerprint density at radius 1 is 1.64 bits per heavy atom. The second kappa shape index (κ2) is 1.96. The van der Waals surface area contributed by atoms with Crippen molar-refractivity contribution in [2.24, 2.45) is 7.05 Å². The van der Waals surface area contributed by atoms with Crippen LogP contribution in [-0.4, -0.2) is 20.5 Å². The van der Waals surface area contributed by atoms with Crippen molar-refractivity contribution in [1.29, 1.82) is 0 Å². The predicted octanol–water partition coefficient (Wildman–Crippen LogP) is 0.779. The Morgan fingerprint density at radius 2 is 2.36 bits per heavy atom. The SMILES string of the molecule is Cn1nncc1NC1(C)CC1. The Labute approximate surface area is 65.6 Å². The highest BCUT2D eigenvalue weighted by Gasteiger charge is 2.37. The summed E-state index contributed by atoms with van der Waals surface area (Å²) in [6.07, 6.45) is 4.25. The average molecular weight is 152 g/mol. The fourth-order valence-electron chi connectivity index (χ4n) is 1.02. The van der Waals surface area contributed by atoms with Crippen LogP contribution in [0.5, 0.6) is 0 Å². The summed E-state index contributed by atoms with van der Waals surface area (Å²) in [5.41, 5.74) is 0.315. The van der Waals surface area contributed by atoms with Gasteiger partial charge in [0.15, 0.2) is 0 Å². The van der Waals surface area contributed by atoms with Crippen molar-refractivity contribution in [3.8, 4) is 0 Å². The maximum atomic E-state index is 3.83. The van der Waals surface area contributed by atoms with Crippen molar-refractivity contribution in [1.82, 2.24) is 15.0 Å². The van der Waals surface area contributed by atoms with Crippen LogP contribution < -0.4 is 5.32 Å². The van der Waals surface area contributed by atoms with Crippen molar-refractivity contribution in [2.45, 2.75) is 25.3 Å². The van der Waals surface area contributed by atoms with Crippen molar-refractivity contribution in [2.75, 3.05) is 5.32 Å². The summed E-state index contributed by atoms with van der Waals surface area (Å²) in [7, 11) is 1.89. The molecule has 0 saturated heterocycles. The zero-order valence-corrected chi connectivity index (χ0v) is 6.83. The highest BCUT2D eigenvalue weighted by atomic mass is 15.4. The molecule has 4 heteroatoms. The maximum Gasteiger partial charge on any atom is 0.144 e. The number of anilines is 1. The van der Waals surface area contributed by atoms with Crippen LogP contribution in [0.1, 0.15) is 19.8 Å². The first-order valence-electron chi connectivity index (χ1n) is 3.82. The van der Waals surface area contributed by atoms with Crippen molar-refractivity contribution in [3.63, 3.8) is 0 Å². The van der Waals surface area contributed by atoms with E-state index in [1.807, 2.05) is 7.05 Å². The second-order valence-electron chi connectivity index (χ2n) is 3.43. The van der Waals surface area contributed by atoms with E-state index in [1.54, 1.807) is 10.9 Å². The van der Waals surface area contributed by atoms with Crippen LogP contribution in [0.4, 0.5) is 5.82 Å². The molecule has 1 aliphatic carbocycles. The molecule has 2 rings (SSSR count). The Bertz CT molecular complexity index is 261. The Morgan fingerprint density at radius 3 is 2.82 bits per heavy atom. The first-order chi connectivity index (χ1) is 5.20. The lowest BCUT2D eigenvalue weighted by Crippen LogP contribution is -2.18. The molecule has 1 saturated carbocycles. The lowest BCUT2D eigenvalue weighted by molar-refractivity contribution is 0.702. The Hall–Kier alpha value is -1.06. The van der Waals surface area contributed by atoms with E-state index in [-0.39, 0.29) is 0 Å². The molecule has 0 aliphatic heterocycles. The van der Waals surface area contributed by atoms with E-state index in [0.29, 0.717) is 5.54 Å². The smallest absolute Gasteiger partial charge is 0.144 e. The summed E-state index contributed by atoms with van der Waals surface area (Å²) < 4.78 is 1.75. The van der Waals surface area contributed by atoms with E-state index < -0.39 is 0 Å². The number of hydrogen-bond acceptors (Lipinski definition) is 3. The van der Waals surface area contributed by atoms with Crippen molar-refractivity contribution in [3.05, 3.63) is 6.20 Å². The molecular weight excluding hydrogens is 140 g/mol. The summed E-state index contributed by atoms with van der Waals surface area (Å²) in [5.74, 6) is 1.00. The summed E-state index contributed by atoms with van der Waals surface area (Å²) in [6.45, 7) is 2.21. The Balaban J connectivity index is 2.12. The molecule has 0 atom stereocenters.